The second-order valence-corrected chi connectivity index (χ2v) is 8.17. The van der Waals surface area contributed by atoms with Gasteiger partial charge in [-0.15, -0.1) is 0 Å². The zero-order chi connectivity index (χ0) is 18.5. The molecule has 0 aliphatic heterocycles. The Morgan fingerprint density at radius 1 is 0.846 bits per heavy atom. The molecule has 0 aliphatic carbocycles. The third kappa shape index (κ3) is 2.44. The van der Waals surface area contributed by atoms with E-state index in [4.69, 9.17) is 0 Å². The van der Waals surface area contributed by atoms with Gasteiger partial charge in [-0.3, -0.25) is 4.79 Å². The van der Waals surface area contributed by atoms with E-state index in [1.807, 2.05) is 25.1 Å². The normalized spacial score (nSPS) is 11.9. The average molecular weight is 363 g/mol. The number of aromatic nitrogens is 1. The van der Waals surface area contributed by atoms with Crippen LogP contribution in [-0.2, 0) is 10.0 Å². The smallest absolute Gasteiger partial charge is 0.268 e. The lowest BCUT2D eigenvalue weighted by molar-refractivity contribution is 0.101. The molecular weight excluding hydrogens is 346 g/mol. The summed E-state index contributed by atoms with van der Waals surface area (Å²) in [5.41, 5.74) is 2.73. The highest BCUT2D eigenvalue weighted by atomic mass is 32.2. The van der Waals surface area contributed by atoms with Crippen LogP contribution in [0.5, 0.6) is 0 Å². The molecule has 0 N–H and O–H groups in total. The Morgan fingerprint density at radius 3 is 2.19 bits per heavy atom. The first-order chi connectivity index (χ1) is 12.4. The molecule has 0 saturated carbocycles. The number of rotatable bonds is 3. The number of Topliss-reactive ketones (excluding diaryl/α,β-unsaturated/α-hetero) is 1. The van der Waals surface area contributed by atoms with E-state index in [0.29, 0.717) is 16.6 Å². The maximum atomic E-state index is 13.3. The van der Waals surface area contributed by atoms with Crippen molar-refractivity contribution in [3.8, 4) is 0 Å². The number of hydrogen-bond acceptors (Lipinski definition) is 3. The second kappa shape index (κ2) is 5.81. The molecule has 0 radical (unpaired) electrons. The average Bonchev–Trinajstić information content (AvgIpc) is 2.96. The van der Waals surface area contributed by atoms with E-state index in [2.05, 4.69) is 0 Å². The van der Waals surface area contributed by atoms with Crippen LogP contribution in [0.25, 0.3) is 21.8 Å². The highest BCUT2D eigenvalue weighted by molar-refractivity contribution is 7.90. The molecule has 4 nitrogen and oxygen atoms in total. The Labute approximate surface area is 151 Å². The van der Waals surface area contributed by atoms with E-state index in [1.54, 1.807) is 48.5 Å². The van der Waals surface area contributed by atoms with Gasteiger partial charge in [0.25, 0.3) is 10.0 Å². The number of fused-ring (bicyclic) bond motifs is 3. The molecule has 0 unspecified atom stereocenters. The number of ketones is 1. The lowest BCUT2D eigenvalue weighted by Gasteiger charge is -2.10. The molecule has 4 rings (SSSR count). The summed E-state index contributed by atoms with van der Waals surface area (Å²) in [5, 5.41) is 1.56. The van der Waals surface area contributed by atoms with Crippen LogP contribution in [0, 0.1) is 6.92 Å². The van der Waals surface area contributed by atoms with Gasteiger partial charge in [-0.25, -0.2) is 12.4 Å². The van der Waals surface area contributed by atoms with E-state index < -0.39 is 10.0 Å². The summed E-state index contributed by atoms with van der Waals surface area (Å²) in [6.45, 7) is 3.42. The molecule has 130 valence electrons. The summed E-state index contributed by atoms with van der Waals surface area (Å²) >= 11 is 0. The summed E-state index contributed by atoms with van der Waals surface area (Å²) in [6.07, 6.45) is 0. The SMILES string of the molecule is CC(=O)c1ccc2c(c1)c1ccccc1n2S(=O)(=O)c1ccc(C)cc1. The van der Waals surface area contributed by atoms with Gasteiger partial charge in [0, 0.05) is 16.3 Å². The minimum absolute atomic E-state index is 0.0508. The summed E-state index contributed by atoms with van der Waals surface area (Å²) in [7, 11) is -3.77. The van der Waals surface area contributed by atoms with Crippen LogP contribution in [0.4, 0.5) is 0 Å². The number of hydrogen-bond donors (Lipinski definition) is 0. The Balaban J connectivity index is 2.11. The molecule has 5 heteroatoms. The third-order valence-electron chi connectivity index (χ3n) is 4.59. The standard InChI is InChI=1S/C21H17NO3S/c1-14-7-10-17(11-8-14)26(24,25)22-20-6-4-3-5-18(20)19-13-16(15(2)23)9-12-21(19)22/h3-13H,1-2H3. The van der Waals surface area contributed by atoms with Gasteiger partial charge in [-0.1, -0.05) is 35.9 Å². The molecule has 1 heterocycles. The number of carbonyl (C=O) groups excluding carboxylic acids is 1. The molecule has 0 spiro atoms. The fourth-order valence-corrected chi connectivity index (χ4v) is 4.76. The summed E-state index contributed by atoms with van der Waals surface area (Å²) in [5.74, 6) is -0.0508. The summed E-state index contributed by atoms with van der Waals surface area (Å²) in [4.78, 5) is 12.0. The Bertz CT molecular complexity index is 1270. The maximum Gasteiger partial charge on any atom is 0.268 e. The van der Waals surface area contributed by atoms with Crippen molar-refractivity contribution in [1.82, 2.24) is 3.97 Å². The third-order valence-corrected chi connectivity index (χ3v) is 6.34. The van der Waals surface area contributed by atoms with Crippen molar-refractivity contribution < 1.29 is 13.2 Å². The van der Waals surface area contributed by atoms with Crippen molar-refractivity contribution in [2.24, 2.45) is 0 Å². The fraction of sp³-hybridized carbons (Fsp3) is 0.0952. The topological polar surface area (TPSA) is 56.1 Å². The van der Waals surface area contributed by atoms with Gasteiger partial charge in [-0.2, -0.15) is 0 Å². The predicted molar refractivity (Wildman–Crippen MR) is 103 cm³/mol. The van der Waals surface area contributed by atoms with Crippen LogP contribution in [0.15, 0.2) is 71.6 Å². The molecule has 0 bridgehead atoms. The van der Waals surface area contributed by atoms with Crippen LogP contribution in [-0.4, -0.2) is 18.2 Å². The van der Waals surface area contributed by atoms with Gasteiger partial charge in [0.05, 0.1) is 15.9 Å². The molecule has 0 fully saturated rings. The van der Waals surface area contributed by atoms with Crippen molar-refractivity contribution >= 4 is 37.6 Å². The summed E-state index contributed by atoms with van der Waals surface area (Å²) in [6, 6.07) is 19.3. The van der Waals surface area contributed by atoms with Crippen LogP contribution >= 0.6 is 0 Å². The molecule has 0 amide bonds. The molecule has 1 aromatic heterocycles. The van der Waals surface area contributed by atoms with Crippen molar-refractivity contribution in [3.05, 3.63) is 77.9 Å². The number of para-hydroxylation sites is 1. The zero-order valence-corrected chi connectivity index (χ0v) is 15.2. The predicted octanol–water partition coefficient (Wildman–Crippen LogP) is 4.54. The largest absolute Gasteiger partial charge is 0.295 e. The van der Waals surface area contributed by atoms with Gasteiger partial charge in [0.15, 0.2) is 5.78 Å². The van der Waals surface area contributed by atoms with E-state index in [1.165, 1.54) is 10.9 Å². The molecule has 0 aliphatic rings. The Hall–Kier alpha value is -2.92. The van der Waals surface area contributed by atoms with Crippen molar-refractivity contribution in [1.29, 1.82) is 0 Å². The second-order valence-electron chi connectivity index (χ2n) is 6.39. The number of benzene rings is 3. The van der Waals surface area contributed by atoms with Crippen LogP contribution in [0.1, 0.15) is 22.8 Å². The molecule has 26 heavy (non-hydrogen) atoms. The van der Waals surface area contributed by atoms with Crippen LogP contribution in [0.2, 0.25) is 0 Å². The minimum atomic E-state index is -3.77. The number of nitrogens with zero attached hydrogens (tertiary/aromatic N) is 1. The minimum Gasteiger partial charge on any atom is -0.295 e. The first-order valence-corrected chi connectivity index (χ1v) is 9.70. The number of carbonyl (C=O) groups is 1. The van der Waals surface area contributed by atoms with E-state index in [0.717, 1.165) is 16.3 Å². The van der Waals surface area contributed by atoms with E-state index in [-0.39, 0.29) is 10.7 Å². The fourth-order valence-electron chi connectivity index (χ4n) is 3.23. The highest BCUT2D eigenvalue weighted by Crippen LogP contribution is 2.33. The molecule has 3 aromatic carbocycles. The highest BCUT2D eigenvalue weighted by Gasteiger charge is 2.23. The van der Waals surface area contributed by atoms with Crippen molar-refractivity contribution in [3.63, 3.8) is 0 Å². The quantitative estimate of drug-likeness (QED) is 0.502. The first kappa shape index (κ1) is 16.5. The van der Waals surface area contributed by atoms with Gasteiger partial charge in [0.2, 0.25) is 0 Å². The number of aryl methyl sites for hydroxylation is 1. The van der Waals surface area contributed by atoms with Gasteiger partial charge in [-0.05, 0) is 50.2 Å². The van der Waals surface area contributed by atoms with Crippen LogP contribution in [0.3, 0.4) is 0 Å². The van der Waals surface area contributed by atoms with Gasteiger partial charge in [0.1, 0.15) is 0 Å². The maximum absolute atomic E-state index is 13.3. The molecule has 0 atom stereocenters. The van der Waals surface area contributed by atoms with Gasteiger partial charge >= 0.3 is 0 Å². The molecule has 4 aromatic rings. The van der Waals surface area contributed by atoms with E-state index in [9.17, 15) is 13.2 Å². The van der Waals surface area contributed by atoms with Crippen molar-refractivity contribution in [2.45, 2.75) is 18.7 Å². The summed E-state index contributed by atoms with van der Waals surface area (Å²) < 4.78 is 28.1. The molecular formula is C21H17NO3S. The van der Waals surface area contributed by atoms with Crippen molar-refractivity contribution in [2.75, 3.05) is 0 Å². The van der Waals surface area contributed by atoms with Crippen LogP contribution < -0.4 is 0 Å². The monoisotopic (exact) mass is 363 g/mol. The Morgan fingerprint density at radius 2 is 1.50 bits per heavy atom. The molecule has 0 saturated heterocycles. The zero-order valence-electron chi connectivity index (χ0n) is 14.4. The lowest BCUT2D eigenvalue weighted by atomic mass is 10.1. The Kier molecular flexibility index (Phi) is 3.70. The van der Waals surface area contributed by atoms with Gasteiger partial charge < -0.3 is 0 Å². The lowest BCUT2D eigenvalue weighted by Crippen LogP contribution is -2.12. The first-order valence-electron chi connectivity index (χ1n) is 8.26. The van der Waals surface area contributed by atoms with E-state index >= 15 is 0 Å².